The van der Waals surface area contributed by atoms with Crippen LogP contribution in [-0.2, 0) is 0 Å². The van der Waals surface area contributed by atoms with Crippen LogP contribution in [0.4, 0.5) is 0 Å². The summed E-state index contributed by atoms with van der Waals surface area (Å²) in [5.74, 6) is -0.128. The number of hydrogen-bond acceptors (Lipinski definition) is 5. The average molecular weight is 262 g/mol. The van der Waals surface area contributed by atoms with Crippen molar-refractivity contribution in [3.63, 3.8) is 0 Å². The lowest BCUT2D eigenvalue weighted by Crippen LogP contribution is -2.39. The van der Waals surface area contributed by atoms with Gasteiger partial charge in [0.1, 0.15) is 0 Å². The minimum Gasteiger partial charge on any atom is -0.337 e. The van der Waals surface area contributed by atoms with Crippen LogP contribution in [-0.4, -0.2) is 40.1 Å². The number of carbonyl (C=O) groups excluding carboxylic acids is 1. The van der Waals surface area contributed by atoms with Gasteiger partial charge in [0.25, 0.3) is 5.91 Å². The molecule has 1 atom stereocenters. The molecule has 1 aromatic rings. The quantitative estimate of drug-likeness (QED) is 0.597. The fourth-order valence-electron chi connectivity index (χ4n) is 1.98. The van der Waals surface area contributed by atoms with Gasteiger partial charge >= 0.3 is 0 Å². The topological polar surface area (TPSA) is 69.9 Å². The molecule has 1 aliphatic rings. The van der Waals surface area contributed by atoms with E-state index in [1.807, 2.05) is 6.26 Å². The van der Waals surface area contributed by atoms with Crippen molar-refractivity contribution in [1.29, 1.82) is 5.26 Å². The number of piperidine rings is 1. The van der Waals surface area contributed by atoms with E-state index >= 15 is 0 Å². The Morgan fingerprint density at radius 1 is 1.56 bits per heavy atom. The van der Waals surface area contributed by atoms with E-state index in [-0.39, 0.29) is 11.8 Å². The number of likely N-dealkylation sites (tertiary alicyclic amines) is 1. The molecule has 2 heterocycles. The predicted octanol–water partition coefficient (Wildman–Crippen LogP) is 1.57. The molecule has 94 valence electrons. The van der Waals surface area contributed by atoms with Crippen LogP contribution in [0.3, 0.4) is 0 Å². The lowest BCUT2D eigenvalue weighted by atomic mass is 9.99. The van der Waals surface area contributed by atoms with Crippen LogP contribution in [0.15, 0.2) is 17.6 Å². The van der Waals surface area contributed by atoms with Crippen molar-refractivity contribution in [3.8, 4) is 6.07 Å². The van der Waals surface area contributed by atoms with Crippen molar-refractivity contribution >= 4 is 17.7 Å². The second kappa shape index (κ2) is 5.83. The van der Waals surface area contributed by atoms with Gasteiger partial charge in [-0.1, -0.05) is 11.8 Å². The van der Waals surface area contributed by atoms with Crippen molar-refractivity contribution in [2.75, 3.05) is 19.3 Å². The lowest BCUT2D eigenvalue weighted by molar-refractivity contribution is 0.0697. The minimum absolute atomic E-state index is 0.0471. The lowest BCUT2D eigenvalue weighted by Gasteiger charge is -2.29. The fraction of sp³-hybridized carbons (Fsp3) is 0.500. The number of hydrogen-bond donors (Lipinski definition) is 0. The monoisotopic (exact) mass is 262 g/mol. The third kappa shape index (κ3) is 2.79. The minimum atomic E-state index is -0.0809. The molecule has 0 spiro atoms. The predicted molar refractivity (Wildman–Crippen MR) is 68.1 cm³/mol. The molecule has 1 amide bonds. The van der Waals surface area contributed by atoms with Crippen molar-refractivity contribution in [2.24, 2.45) is 5.92 Å². The summed E-state index contributed by atoms with van der Waals surface area (Å²) in [6, 6.07) is 2.23. The highest BCUT2D eigenvalue weighted by Gasteiger charge is 2.24. The molecule has 2 rings (SSSR count). The van der Waals surface area contributed by atoms with E-state index in [2.05, 4.69) is 16.0 Å². The van der Waals surface area contributed by atoms with Gasteiger partial charge in [0, 0.05) is 25.5 Å². The smallest absolute Gasteiger partial charge is 0.257 e. The second-order valence-electron chi connectivity index (χ2n) is 4.18. The summed E-state index contributed by atoms with van der Waals surface area (Å²) < 4.78 is 0. The Bertz CT molecular complexity index is 468. The Hall–Kier alpha value is -1.61. The van der Waals surface area contributed by atoms with Gasteiger partial charge in [0.2, 0.25) is 0 Å². The van der Waals surface area contributed by atoms with Gasteiger partial charge in [-0.25, -0.2) is 9.97 Å². The number of nitriles is 1. The molecular weight excluding hydrogens is 248 g/mol. The van der Waals surface area contributed by atoms with Gasteiger partial charge in [-0.3, -0.25) is 4.79 Å². The summed E-state index contributed by atoms with van der Waals surface area (Å²) in [4.78, 5) is 22.1. The zero-order valence-corrected chi connectivity index (χ0v) is 11.0. The molecule has 5 nitrogen and oxygen atoms in total. The molecule has 1 saturated heterocycles. The Morgan fingerprint density at radius 3 is 2.89 bits per heavy atom. The number of carbonyl (C=O) groups is 1. The first-order valence-electron chi connectivity index (χ1n) is 5.79. The number of aromatic nitrogens is 2. The van der Waals surface area contributed by atoms with Crippen molar-refractivity contribution in [1.82, 2.24) is 14.9 Å². The molecule has 0 saturated carbocycles. The molecule has 6 heteroatoms. The second-order valence-corrected chi connectivity index (χ2v) is 4.95. The van der Waals surface area contributed by atoms with Gasteiger partial charge in [-0.15, -0.1) is 0 Å². The van der Waals surface area contributed by atoms with Crippen LogP contribution in [0, 0.1) is 17.2 Å². The molecule has 0 unspecified atom stereocenters. The normalized spacial score (nSPS) is 19.3. The molecule has 0 aromatic carbocycles. The van der Waals surface area contributed by atoms with Crippen LogP contribution in [0.25, 0.3) is 0 Å². The van der Waals surface area contributed by atoms with Crippen molar-refractivity contribution in [2.45, 2.75) is 18.0 Å². The first-order valence-corrected chi connectivity index (χ1v) is 7.02. The summed E-state index contributed by atoms with van der Waals surface area (Å²) in [5.41, 5.74) is 0.492. The summed E-state index contributed by atoms with van der Waals surface area (Å²) in [7, 11) is 0. The van der Waals surface area contributed by atoms with Crippen LogP contribution < -0.4 is 0 Å². The average Bonchev–Trinajstić information content (AvgIpc) is 2.46. The first-order chi connectivity index (χ1) is 8.74. The van der Waals surface area contributed by atoms with E-state index in [9.17, 15) is 4.79 Å². The van der Waals surface area contributed by atoms with Gasteiger partial charge in [-0.2, -0.15) is 5.26 Å². The third-order valence-electron chi connectivity index (χ3n) is 2.95. The maximum absolute atomic E-state index is 12.2. The van der Waals surface area contributed by atoms with Gasteiger partial charge in [0.15, 0.2) is 5.16 Å². The maximum atomic E-state index is 12.2. The number of amides is 1. The molecule has 0 aliphatic carbocycles. The zero-order chi connectivity index (χ0) is 13.0. The molecule has 0 bridgehead atoms. The van der Waals surface area contributed by atoms with Crippen LogP contribution in [0.2, 0.25) is 0 Å². The molecular formula is C12H14N4OS. The van der Waals surface area contributed by atoms with Crippen LogP contribution in [0.1, 0.15) is 23.2 Å². The van der Waals surface area contributed by atoms with E-state index in [0.717, 1.165) is 12.8 Å². The molecule has 0 N–H and O–H groups in total. The van der Waals surface area contributed by atoms with E-state index < -0.39 is 0 Å². The van der Waals surface area contributed by atoms with E-state index in [0.29, 0.717) is 23.8 Å². The zero-order valence-electron chi connectivity index (χ0n) is 10.2. The van der Waals surface area contributed by atoms with Gasteiger partial charge in [-0.05, 0) is 19.1 Å². The van der Waals surface area contributed by atoms with E-state index in [1.54, 1.807) is 17.3 Å². The van der Waals surface area contributed by atoms with Crippen LogP contribution >= 0.6 is 11.8 Å². The molecule has 1 aromatic heterocycles. The standard InChI is InChI=1S/C12H14N4OS/c1-18-12-14-6-10(7-15-12)11(17)16-4-2-3-9(5-13)8-16/h6-7,9H,2-4,8H2,1H3/t9-/m1/s1. The number of thioether (sulfide) groups is 1. The Balaban J connectivity index is 2.08. The molecule has 0 radical (unpaired) electrons. The van der Waals surface area contributed by atoms with Crippen LogP contribution in [0.5, 0.6) is 0 Å². The number of rotatable bonds is 2. The largest absolute Gasteiger partial charge is 0.337 e. The Labute approximate surface area is 110 Å². The molecule has 1 fully saturated rings. The summed E-state index contributed by atoms with van der Waals surface area (Å²) in [6.07, 6.45) is 6.75. The first kappa shape index (κ1) is 12.8. The van der Waals surface area contributed by atoms with Crippen molar-refractivity contribution in [3.05, 3.63) is 18.0 Å². The van der Waals surface area contributed by atoms with E-state index in [1.165, 1.54) is 11.8 Å². The number of nitrogens with zero attached hydrogens (tertiary/aromatic N) is 4. The highest BCUT2D eigenvalue weighted by atomic mass is 32.2. The highest BCUT2D eigenvalue weighted by molar-refractivity contribution is 7.98. The SMILES string of the molecule is CSc1ncc(C(=O)N2CCC[C@H](C#N)C2)cn1. The summed E-state index contributed by atoms with van der Waals surface area (Å²) in [6.45, 7) is 1.22. The fourth-order valence-corrected chi connectivity index (χ4v) is 2.30. The Morgan fingerprint density at radius 2 is 2.28 bits per heavy atom. The summed E-state index contributed by atoms with van der Waals surface area (Å²) >= 11 is 1.44. The van der Waals surface area contributed by atoms with Gasteiger partial charge < -0.3 is 4.90 Å². The van der Waals surface area contributed by atoms with E-state index in [4.69, 9.17) is 5.26 Å². The molecule has 18 heavy (non-hydrogen) atoms. The van der Waals surface area contributed by atoms with Gasteiger partial charge in [0.05, 0.1) is 17.6 Å². The highest BCUT2D eigenvalue weighted by Crippen LogP contribution is 2.18. The Kier molecular flexibility index (Phi) is 4.15. The third-order valence-corrected chi connectivity index (χ3v) is 3.52. The summed E-state index contributed by atoms with van der Waals surface area (Å²) in [5, 5.41) is 9.57. The van der Waals surface area contributed by atoms with Crippen molar-refractivity contribution < 1.29 is 4.79 Å². The molecule has 1 aliphatic heterocycles. The maximum Gasteiger partial charge on any atom is 0.257 e.